The van der Waals surface area contributed by atoms with E-state index in [0.29, 0.717) is 11.1 Å². The molecule has 2 aliphatic heterocycles. The Hall–Kier alpha value is -2.88. The Balaban J connectivity index is 1.85. The number of allylic oxidation sites excluding steroid dienone is 7. The summed E-state index contributed by atoms with van der Waals surface area (Å²) in [5, 5.41) is 13.1. The van der Waals surface area contributed by atoms with Gasteiger partial charge >= 0.3 is 0 Å². The van der Waals surface area contributed by atoms with Crippen molar-refractivity contribution in [1.82, 2.24) is 0 Å². The minimum atomic E-state index is -0.259. The van der Waals surface area contributed by atoms with Crippen LogP contribution in [0.5, 0.6) is 0 Å². The molecule has 29 heavy (non-hydrogen) atoms. The van der Waals surface area contributed by atoms with E-state index >= 15 is 0 Å². The van der Waals surface area contributed by atoms with Gasteiger partial charge in [0.15, 0.2) is 17.2 Å². The summed E-state index contributed by atoms with van der Waals surface area (Å²) in [5.41, 5.74) is 7.64. The van der Waals surface area contributed by atoms with E-state index in [1.165, 1.54) is 5.56 Å². The Labute approximate surface area is 172 Å². The molecule has 150 valence electrons. The molecular formula is C25H28N2O2. The number of nitrogens with zero attached hydrogens (tertiary/aromatic N) is 2. The van der Waals surface area contributed by atoms with Crippen LogP contribution in [0.2, 0.25) is 0 Å². The van der Waals surface area contributed by atoms with Crippen molar-refractivity contribution in [3.63, 3.8) is 0 Å². The van der Waals surface area contributed by atoms with E-state index in [2.05, 4.69) is 37.8 Å². The van der Waals surface area contributed by atoms with Crippen LogP contribution in [0.3, 0.4) is 0 Å². The lowest BCUT2D eigenvalue weighted by molar-refractivity contribution is -0.440. The summed E-state index contributed by atoms with van der Waals surface area (Å²) in [6, 6.07) is 8.31. The van der Waals surface area contributed by atoms with Crippen molar-refractivity contribution in [2.45, 2.75) is 47.0 Å². The first-order valence-electron chi connectivity index (χ1n) is 10.2. The molecule has 4 nitrogen and oxygen atoms in total. The molecule has 0 amide bonds. The van der Waals surface area contributed by atoms with Gasteiger partial charge in [0, 0.05) is 53.9 Å². The molecular weight excluding hydrogens is 360 g/mol. The normalized spacial score (nSPS) is 24.9. The summed E-state index contributed by atoms with van der Waals surface area (Å²) in [6.07, 6.45) is 1.83. The summed E-state index contributed by atoms with van der Waals surface area (Å²) >= 11 is 0. The molecule has 0 unspecified atom stereocenters. The quantitative estimate of drug-likeness (QED) is 0.575. The zero-order valence-corrected chi connectivity index (χ0v) is 18.3. The third kappa shape index (κ3) is 2.44. The third-order valence-corrected chi connectivity index (χ3v) is 6.88. The van der Waals surface area contributed by atoms with Crippen LogP contribution in [-0.2, 0) is 10.2 Å². The van der Waals surface area contributed by atoms with Crippen molar-refractivity contribution in [3.05, 3.63) is 75.4 Å². The highest BCUT2D eigenvalue weighted by Gasteiger charge is 2.42. The maximum Gasteiger partial charge on any atom is 0.192 e. The Kier molecular flexibility index (Phi) is 4.23. The molecule has 4 heteroatoms. The van der Waals surface area contributed by atoms with Crippen LogP contribution in [-0.4, -0.2) is 29.7 Å². The summed E-state index contributed by atoms with van der Waals surface area (Å²) in [4.78, 5) is 15.3. The topological polar surface area (TPSA) is 46.4 Å². The first-order chi connectivity index (χ1) is 13.6. The number of hydrogen-bond donors (Lipinski definition) is 0. The van der Waals surface area contributed by atoms with Crippen LogP contribution in [0.15, 0.2) is 69.8 Å². The number of Topliss-reactive ketones (excluding diaryl/α,β-unsaturated/α-hetero) is 1. The predicted octanol–water partition coefficient (Wildman–Crippen LogP) is 3.59. The highest BCUT2D eigenvalue weighted by Crippen LogP contribution is 2.48. The van der Waals surface area contributed by atoms with Gasteiger partial charge in [-0.15, -0.1) is 0 Å². The van der Waals surface area contributed by atoms with Crippen molar-refractivity contribution in [2.24, 2.45) is 0 Å². The van der Waals surface area contributed by atoms with E-state index in [1.54, 1.807) is 0 Å². The van der Waals surface area contributed by atoms with Gasteiger partial charge in [0.25, 0.3) is 0 Å². The Morgan fingerprint density at radius 1 is 1.14 bits per heavy atom. The second kappa shape index (κ2) is 6.31. The summed E-state index contributed by atoms with van der Waals surface area (Å²) in [6.45, 7) is 13.2. The molecule has 3 aliphatic rings. The van der Waals surface area contributed by atoms with Crippen molar-refractivity contribution in [2.75, 3.05) is 18.5 Å². The van der Waals surface area contributed by atoms with Gasteiger partial charge in [-0.3, -0.25) is 4.79 Å². The lowest BCUT2D eigenvalue weighted by atomic mass is 9.78. The summed E-state index contributed by atoms with van der Waals surface area (Å²) in [5.74, 6) is -0.274. The fourth-order valence-electron chi connectivity index (χ4n) is 4.84. The number of rotatable bonds is 2. The standard InChI is InChI=1S/C25H28N2O2/c1-8-27-19-12-10-9-11-18(19)25(5,6)20(27)13-17-23(28)22(24(17)29)21-14(2)15(3)26(7)16(21)4/h9-13H,8H2,1-7H3. The molecule has 1 aromatic rings. The summed E-state index contributed by atoms with van der Waals surface area (Å²) < 4.78 is 2.05. The minimum Gasteiger partial charge on any atom is -0.871 e. The number of carbonyl (C=O) groups excluding carboxylic acids is 1. The van der Waals surface area contributed by atoms with Crippen LogP contribution in [0.1, 0.15) is 47.1 Å². The van der Waals surface area contributed by atoms with E-state index in [4.69, 9.17) is 0 Å². The molecule has 2 heterocycles. The van der Waals surface area contributed by atoms with Gasteiger partial charge in [0.05, 0.1) is 5.57 Å². The second-order valence-electron chi connectivity index (χ2n) is 8.59. The number of likely N-dealkylation sites (N-methyl/N-ethyl adjacent to an activating group) is 1. The maximum atomic E-state index is 13.1. The highest BCUT2D eigenvalue weighted by atomic mass is 16.3. The van der Waals surface area contributed by atoms with Gasteiger partial charge in [-0.25, -0.2) is 4.58 Å². The Morgan fingerprint density at radius 3 is 2.34 bits per heavy atom. The van der Waals surface area contributed by atoms with Gasteiger partial charge in [0.1, 0.15) is 7.05 Å². The van der Waals surface area contributed by atoms with E-state index in [0.717, 1.165) is 40.5 Å². The Morgan fingerprint density at radius 2 is 1.79 bits per heavy atom. The van der Waals surface area contributed by atoms with E-state index in [9.17, 15) is 9.90 Å². The molecule has 0 spiro atoms. The number of hydrogen-bond acceptors (Lipinski definition) is 3. The van der Waals surface area contributed by atoms with Crippen molar-refractivity contribution in [1.29, 1.82) is 0 Å². The smallest absolute Gasteiger partial charge is 0.192 e. The number of para-hydroxylation sites is 1. The van der Waals surface area contributed by atoms with Crippen LogP contribution >= 0.6 is 0 Å². The molecule has 0 radical (unpaired) electrons. The van der Waals surface area contributed by atoms with Crippen LogP contribution < -0.4 is 10.0 Å². The van der Waals surface area contributed by atoms with Crippen LogP contribution in [0, 0.1) is 0 Å². The average Bonchev–Trinajstić information content (AvgIpc) is 3.03. The zero-order chi connectivity index (χ0) is 21.2. The largest absolute Gasteiger partial charge is 0.871 e. The first kappa shape index (κ1) is 19.4. The van der Waals surface area contributed by atoms with E-state index in [-0.39, 0.29) is 17.0 Å². The van der Waals surface area contributed by atoms with Crippen molar-refractivity contribution < 1.29 is 14.5 Å². The highest BCUT2D eigenvalue weighted by molar-refractivity contribution is 6.25. The van der Waals surface area contributed by atoms with Gasteiger partial charge in [0.2, 0.25) is 0 Å². The van der Waals surface area contributed by atoms with Gasteiger partial charge in [-0.05, 0) is 31.6 Å². The van der Waals surface area contributed by atoms with E-state index in [1.807, 2.05) is 50.6 Å². The van der Waals surface area contributed by atoms with Gasteiger partial charge in [-0.1, -0.05) is 37.8 Å². The zero-order valence-electron chi connectivity index (χ0n) is 18.3. The van der Waals surface area contributed by atoms with Crippen molar-refractivity contribution in [3.8, 4) is 0 Å². The molecule has 0 N–H and O–H groups in total. The molecule has 1 aliphatic carbocycles. The summed E-state index contributed by atoms with van der Waals surface area (Å²) in [7, 11) is 1.97. The SMILES string of the molecule is CCN1/C(=C\C2=C([O-])C(=C3\C(C)=C(C)[N+](C)=C3C)/C2=O)C(C)(C)c2ccccc21. The molecule has 0 saturated heterocycles. The van der Waals surface area contributed by atoms with Crippen molar-refractivity contribution >= 4 is 17.2 Å². The molecule has 0 bridgehead atoms. The number of carbonyl (C=O) groups is 1. The first-order valence-corrected chi connectivity index (χ1v) is 10.2. The molecule has 0 aromatic heterocycles. The van der Waals surface area contributed by atoms with Gasteiger partial charge < -0.3 is 10.0 Å². The lowest BCUT2D eigenvalue weighted by Gasteiger charge is -2.33. The fourth-order valence-corrected chi connectivity index (χ4v) is 4.84. The molecule has 0 atom stereocenters. The molecule has 0 fully saturated rings. The van der Waals surface area contributed by atoms with Crippen LogP contribution in [0.4, 0.5) is 5.69 Å². The van der Waals surface area contributed by atoms with Gasteiger partial charge in [-0.2, -0.15) is 0 Å². The van der Waals surface area contributed by atoms with E-state index < -0.39 is 0 Å². The lowest BCUT2D eigenvalue weighted by Crippen LogP contribution is -2.34. The fraction of sp³-hybridized carbons (Fsp3) is 0.360. The predicted molar refractivity (Wildman–Crippen MR) is 115 cm³/mol. The monoisotopic (exact) mass is 388 g/mol. The minimum absolute atomic E-state index is 0.137. The van der Waals surface area contributed by atoms with Crippen LogP contribution in [0.25, 0.3) is 0 Å². The molecule has 4 rings (SSSR count). The Bertz CT molecular complexity index is 1100. The number of benzene rings is 1. The second-order valence-corrected chi connectivity index (χ2v) is 8.59. The number of anilines is 1. The number of ketones is 1. The maximum absolute atomic E-state index is 13.1. The molecule has 0 saturated carbocycles. The molecule has 1 aromatic carbocycles. The average molecular weight is 389 g/mol. The third-order valence-electron chi connectivity index (χ3n) is 6.88. The number of fused-ring (bicyclic) bond motifs is 1.